The predicted octanol–water partition coefficient (Wildman–Crippen LogP) is 1.67. The molecule has 1 aromatic rings. The molecule has 0 radical (unpaired) electrons. The second-order valence-electron chi connectivity index (χ2n) is 4.32. The number of amides is 1. The van der Waals surface area contributed by atoms with Gasteiger partial charge in [-0.15, -0.1) is 0 Å². The van der Waals surface area contributed by atoms with Gasteiger partial charge in [0, 0.05) is 17.6 Å². The highest BCUT2D eigenvalue weighted by Gasteiger charge is 2.31. The van der Waals surface area contributed by atoms with E-state index in [1.54, 1.807) is 24.3 Å². The number of ether oxygens (including phenoxy) is 1. The second-order valence-corrected chi connectivity index (χ2v) is 4.72. The quantitative estimate of drug-likeness (QED) is 0.861. The van der Waals surface area contributed by atoms with Gasteiger partial charge < -0.3 is 14.7 Å². The maximum atomic E-state index is 12.1. The molecule has 106 valence electrons. The third-order valence-corrected chi connectivity index (χ3v) is 3.35. The van der Waals surface area contributed by atoms with Crippen molar-refractivity contribution in [3.63, 3.8) is 0 Å². The lowest BCUT2D eigenvalue weighted by Crippen LogP contribution is -2.52. The zero-order valence-electron chi connectivity index (χ0n) is 10.7. The summed E-state index contributed by atoms with van der Waals surface area (Å²) in [5, 5.41) is 9.60. The van der Waals surface area contributed by atoms with Crippen LogP contribution in [0.15, 0.2) is 30.3 Å². The molecule has 20 heavy (non-hydrogen) atoms. The number of halogens is 1. The first kappa shape index (κ1) is 14.6. The molecule has 0 bridgehead atoms. The number of morpholine rings is 1. The van der Waals surface area contributed by atoms with E-state index in [1.165, 1.54) is 11.0 Å². The summed E-state index contributed by atoms with van der Waals surface area (Å²) < 4.78 is 5.09. The van der Waals surface area contributed by atoms with E-state index in [4.69, 9.17) is 21.4 Å². The normalized spacial score (nSPS) is 19.2. The lowest BCUT2D eigenvalue weighted by atomic mass is 10.2. The minimum Gasteiger partial charge on any atom is -0.480 e. The van der Waals surface area contributed by atoms with Gasteiger partial charge in [0.1, 0.15) is 0 Å². The van der Waals surface area contributed by atoms with Gasteiger partial charge >= 0.3 is 5.97 Å². The fourth-order valence-electron chi connectivity index (χ4n) is 1.94. The lowest BCUT2D eigenvalue weighted by molar-refractivity contribution is -0.156. The van der Waals surface area contributed by atoms with Crippen LogP contribution in [0.1, 0.15) is 5.56 Å². The van der Waals surface area contributed by atoms with E-state index in [1.807, 2.05) is 6.07 Å². The van der Waals surface area contributed by atoms with Gasteiger partial charge in [-0.3, -0.25) is 4.79 Å². The molecule has 2 rings (SSSR count). The number of rotatable bonds is 3. The van der Waals surface area contributed by atoms with Crippen LogP contribution >= 0.6 is 11.6 Å². The molecule has 5 nitrogen and oxygen atoms in total. The van der Waals surface area contributed by atoms with E-state index < -0.39 is 12.0 Å². The average molecular weight is 296 g/mol. The number of nitrogens with zero attached hydrogens (tertiary/aromatic N) is 1. The van der Waals surface area contributed by atoms with E-state index >= 15 is 0 Å². The summed E-state index contributed by atoms with van der Waals surface area (Å²) in [5.41, 5.74) is 0.711. The third-order valence-electron chi connectivity index (χ3n) is 3.01. The van der Waals surface area contributed by atoms with Gasteiger partial charge in [0.2, 0.25) is 5.91 Å². The van der Waals surface area contributed by atoms with E-state index in [9.17, 15) is 9.59 Å². The Morgan fingerprint density at radius 1 is 1.40 bits per heavy atom. The first-order valence-corrected chi connectivity index (χ1v) is 6.51. The third kappa shape index (κ3) is 3.37. The fraction of sp³-hybridized carbons (Fsp3) is 0.286. The molecule has 0 aliphatic carbocycles. The molecule has 1 aromatic carbocycles. The van der Waals surface area contributed by atoms with Gasteiger partial charge in [0.15, 0.2) is 6.04 Å². The molecule has 1 atom stereocenters. The standard InChI is InChI=1S/C14H14ClNO4/c15-11-4-2-1-3-10(11)5-6-13(17)16-7-8-20-9-12(16)14(18)19/h1-6,12H,7-9H2,(H,18,19). The number of benzene rings is 1. The smallest absolute Gasteiger partial charge is 0.328 e. The fourth-order valence-corrected chi connectivity index (χ4v) is 2.14. The molecule has 1 amide bonds. The van der Waals surface area contributed by atoms with Crippen molar-refractivity contribution >= 4 is 29.6 Å². The van der Waals surface area contributed by atoms with E-state index in [0.717, 1.165) is 0 Å². The largest absolute Gasteiger partial charge is 0.480 e. The zero-order valence-corrected chi connectivity index (χ0v) is 11.4. The molecule has 0 spiro atoms. The van der Waals surface area contributed by atoms with Gasteiger partial charge in [0.25, 0.3) is 0 Å². The highest BCUT2D eigenvalue weighted by molar-refractivity contribution is 6.32. The zero-order chi connectivity index (χ0) is 14.5. The minimum atomic E-state index is -1.07. The van der Waals surface area contributed by atoms with Crippen LogP contribution in [0.25, 0.3) is 6.08 Å². The Hall–Kier alpha value is -1.85. The van der Waals surface area contributed by atoms with Crippen LogP contribution in [0.3, 0.4) is 0 Å². The van der Waals surface area contributed by atoms with Crippen LogP contribution < -0.4 is 0 Å². The van der Waals surface area contributed by atoms with Crippen LogP contribution in [0, 0.1) is 0 Å². The molecule has 1 aliphatic heterocycles. The average Bonchev–Trinajstić information content (AvgIpc) is 2.46. The molecular weight excluding hydrogens is 282 g/mol. The first-order valence-electron chi connectivity index (χ1n) is 6.13. The lowest BCUT2D eigenvalue weighted by Gasteiger charge is -2.32. The Balaban J connectivity index is 2.10. The maximum absolute atomic E-state index is 12.1. The molecule has 1 N–H and O–H groups in total. The molecule has 1 fully saturated rings. The summed E-state index contributed by atoms with van der Waals surface area (Å²) >= 11 is 5.98. The number of aliphatic carboxylic acids is 1. The maximum Gasteiger partial charge on any atom is 0.328 e. The van der Waals surface area contributed by atoms with Crippen molar-refractivity contribution in [2.75, 3.05) is 19.8 Å². The van der Waals surface area contributed by atoms with Crippen molar-refractivity contribution in [3.05, 3.63) is 40.9 Å². The summed E-state index contributed by atoms with van der Waals surface area (Å²) in [5.74, 6) is -1.43. The summed E-state index contributed by atoms with van der Waals surface area (Å²) in [7, 11) is 0. The Morgan fingerprint density at radius 2 is 2.15 bits per heavy atom. The van der Waals surface area contributed by atoms with Gasteiger partial charge in [-0.05, 0) is 17.7 Å². The van der Waals surface area contributed by atoms with Crippen molar-refractivity contribution in [1.82, 2.24) is 4.90 Å². The number of carboxylic acid groups (broad SMARTS) is 1. The monoisotopic (exact) mass is 295 g/mol. The van der Waals surface area contributed by atoms with E-state index in [2.05, 4.69) is 0 Å². The highest BCUT2D eigenvalue weighted by Crippen LogP contribution is 2.17. The minimum absolute atomic E-state index is 0.0149. The molecule has 6 heteroatoms. The van der Waals surface area contributed by atoms with Crippen molar-refractivity contribution in [2.24, 2.45) is 0 Å². The van der Waals surface area contributed by atoms with Crippen LogP contribution in [0.4, 0.5) is 0 Å². The topological polar surface area (TPSA) is 66.8 Å². The number of carbonyl (C=O) groups excluding carboxylic acids is 1. The van der Waals surface area contributed by atoms with Crippen LogP contribution in [-0.4, -0.2) is 47.7 Å². The number of hydrogen-bond acceptors (Lipinski definition) is 3. The predicted molar refractivity (Wildman–Crippen MR) is 74.4 cm³/mol. The van der Waals surface area contributed by atoms with Crippen molar-refractivity contribution in [1.29, 1.82) is 0 Å². The van der Waals surface area contributed by atoms with E-state index in [-0.39, 0.29) is 19.1 Å². The number of hydrogen-bond donors (Lipinski definition) is 1. The Bertz CT molecular complexity index is 544. The van der Waals surface area contributed by atoms with Crippen LogP contribution in [0.5, 0.6) is 0 Å². The molecule has 1 aliphatic rings. The highest BCUT2D eigenvalue weighted by atomic mass is 35.5. The van der Waals surface area contributed by atoms with Crippen molar-refractivity contribution < 1.29 is 19.4 Å². The Morgan fingerprint density at radius 3 is 2.85 bits per heavy atom. The molecule has 0 saturated carbocycles. The first-order chi connectivity index (χ1) is 9.59. The van der Waals surface area contributed by atoms with Gasteiger partial charge in [-0.25, -0.2) is 4.79 Å². The van der Waals surface area contributed by atoms with E-state index in [0.29, 0.717) is 17.2 Å². The molecule has 0 aromatic heterocycles. The molecule has 1 heterocycles. The summed E-state index contributed by atoms with van der Waals surface area (Å²) in [6, 6.07) is 6.17. The molecular formula is C14H14ClNO4. The van der Waals surface area contributed by atoms with Gasteiger partial charge in [-0.1, -0.05) is 29.8 Å². The summed E-state index contributed by atoms with van der Waals surface area (Å²) in [6.45, 7) is 0.624. The van der Waals surface area contributed by atoms with Gasteiger partial charge in [-0.2, -0.15) is 0 Å². The number of carboxylic acids is 1. The van der Waals surface area contributed by atoms with Crippen molar-refractivity contribution in [2.45, 2.75) is 6.04 Å². The summed E-state index contributed by atoms with van der Waals surface area (Å²) in [6.07, 6.45) is 2.92. The Kier molecular flexibility index (Phi) is 4.76. The Labute approximate surface area is 121 Å². The van der Waals surface area contributed by atoms with Crippen molar-refractivity contribution in [3.8, 4) is 0 Å². The van der Waals surface area contributed by atoms with Crippen LogP contribution in [-0.2, 0) is 14.3 Å². The SMILES string of the molecule is O=C(O)C1COCCN1C(=O)C=Cc1ccccc1Cl. The van der Waals surface area contributed by atoms with Crippen LogP contribution in [0.2, 0.25) is 5.02 Å². The molecule has 1 unspecified atom stereocenters. The summed E-state index contributed by atoms with van der Waals surface area (Å²) in [4.78, 5) is 24.4. The number of carbonyl (C=O) groups is 2. The van der Waals surface area contributed by atoms with Gasteiger partial charge in [0.05, 0.1) is 13.2 Å². The molecule has 1 saturated heterocycles. The second kappa shape index (κ2) is 6.54.